The molecule has 0 bridgehead atoms. The van der Waals surface area contributed by atoms with Gasteiger partial charge in [-0.15, -0.1) is 0 Å². The van der Waals surface area contributed by atoms with Crippen LogP contribution in [0.5, 0.6) is 5.19 Å². The van der Waals surface area contributed by atoms with Crippen LogP contribution in [-0.4, -0.2) is 71.6 Å². The number of halogens is 3. The first-order chi connectivity index (χ1) is 18.6. The molecular formula is C28H35F3N4O3S. The number of amides is 2. The lowest BCUT2D eigenvalue weighted by molar-refractivity contribution is -0.189. The van der Waals surface area contributed by atoms with E-state index in [0.29, 0.717) is 23.6 Å². The van der Waals surface area contributed by atoms with Crippen LogP contribution in [0.25, 0.3) is 0 Å². The molecule has 1 aromatic heterocycles. The van der Waals surface area contributed by atoms with Crippen LogP contribution >= 0.6 is 11.3 Å². The van der Waals surface area contributed by atoms with Crippen molar-refractivity contribution in [3.05, 3.63) is 45.5 Å². The van der Waals surface area contributed by atoms with E-state index in [2.05, 4.69) is 15.2 Å². The van der Waals surface area contributed by atoms with Crippen molar-refractivity contribution in [2.45, 2.75) is 76.7 Å². The lowest BCUT2D eigenvalue weighted by atomic mass is 9.84. The number of hydrogen-bond acceptors (Lipinski definition) is 6. The molecule has 1 atom stereocenters. The Balaban J connectivity index is 1.04. The number of nitrogens with one attached hydrogen (secondary N) is 1. The first-order valence-electron chi connectivity index (χ1n) is 13.7. The number of carbonyl (C=O) groups is 2. The fourth-order valence-electron chi connectivity index (χ4n) is 5.79. The van der Waals surface area contributed by atoms with Gasteiger partial charge in [-0.1, -0.05) is 17.4 Å². The molecule has 2 amide bonds. The van der Waals surface area contributed by atoms with E-state index in [1.807, 2.05) is 0 Å². The Morgan fingerprint density at radius 2 is 1.95 bits per heavy atom. The predicted octanol–water partition coefficient (Wildman–Crippen LogP) is 4.84. The SMILES string of the molecule is CC(Oc1nc2c(s1)CCN(CC[C@H]1CC[C@H](NC(=O)c3cccc4c3CN(C)C4=O)CC1)CC2)C(F)(F)F. The number of alkyl halides is 3. The number of nitrogens with zero attached hydrogens (tertiary/aromatic N) is 3. The van der Waals surface area contributed by atoms with E-state index < -0.39 is 12.3 Å². The van der Waals surface area contributed by atoms with Gasteiger partial charge in [0.15, 0.2) is 6.10 Å². The average molecular weight is 565 g/mol. The van der Waals surface area contributed by atoms with Crippen molar-refractivity contribution in [3.8, 4) is 5.19 Å². The average Bonchev–Trinajstić information content (AvgIpc) is 3.35. The van der Waals surface area contributed by atoms with Crippen molar-refractivity contribution in [2.24, 2.45) is 5.92 Å². The molecule has 3 aliphatic rings. The van der Waals surface area contributed by atoms with E-state index in [1.165, 1.54) is 11.3 Å². The molecule has 2 aliphatic heterocycles. The van der Waals surface area contributed by atoms with Gasteiger partial charge < -0.3 is 19.9 Å². The molecule has 7 nitrogen and oxygen atoms in total. The number of benzene rings is 1. The minimum absolute atomic E-state index is 0.0363. The fraction of sp³-hybridized carbons (Fsp3) is 0.607. The first-order valence-corrected chi connectivity index (χ1v) is 14.5. The Morgan fingerprint density at radius 1 is 1.21 bits per heavy atom. The van der Waals surface area contributed by atoms with Crippen LogP contribution < -0.4 is 10.1 Å². The third-order valence-electron chi connectivity index (χ3n) is 8.25. The standard InChI is InChI=1S/C28H35F3N4O3S/c1-17(28(29,30)31)38-27-33-23-11-14-35(15-12-24(23)39-27)13-10-18-6-8-19(9-7-18)32-25(36)20-4-3-5-21-22(20)16-34(2)26(21)37/h3-5,17-19H,6-16H2,1-2H3,(H,32,36)/t17?,18-,19-. The van der Waals surface area contributed by atoms with Crippen LogP contribution in [-0.2, 0) is 19.4 Å². The van der Waals surface area contributed by atoms with Crippen LogP contribution in [0.4, 0.5) is 13.2 Å². The molecule has 1 N–H and O–H groups in total. The summed E-state index contributed by atoms with van der Waals surface area (Å²) in [5, 5.41) is 3.31. The second-order valence-corrected chi connectivity index (χ2v) is 12.0. The topological polar surface area (TPSA) is 74.8 Å². The highest BCUT2D eigenvalue weighted by molar-refractivity contribution is 7.13. The van der Waals surface area contributed by atoms with E-state index in [9.17, 15) is 22.8 Å². The molecule has 212 valence electrons. The van der Waals surface area contributed by atoms with E-state index in [4.69, 9.17) is 4.74 Å². The molecule has 0 radical (unpaired) electrons. The lowest BCUT2D eigenvalue weighted by Gasteiger charge is -2.31. The molecular weight excluding hydrogens is 529 g/mol. The Labute approximate surface area is 230 Å². The molecule has 5 rings (SSSR count). The maximum atomic E-state index is 13.0. The molecule has 1 unspecified atom stereocenters. The van der Waals surface area contributed by atoms with Crippen molar-refractivity contribution in [2.75, 3.05) is 26.7 Å². The number of rotatable bonds is 7. The molecule has 11 heteroatoms. The Kier molecular flexibility index (Phi) is 8.19. The quantitative estimate of drug-likeness (QED) is 0.521. The molecule has 0 spiro atoms. The van der Waals surface area contributed by atoms with Gasteiger partial charge in [0.05, 0.1) is 5.69 Å². The maximum Gasteiger partial charge on any atom is 0.425 e. The van der Waals surface area contributed by atoms with Crippen molar-refractivity contribution >= 4 is 23.2 Å². The summed E-state index contributed by atoms with van der Waals surface area (Å²) in [6, 6.07) is 5.52. The van der Waals surface area contributed by atoms with Gasteiger partial charge >= 0.3 is 6.18 Å². The monoisotopic (exact) mass is 564 g/mol. The largest absolute Gasteiger partial charge is 0.457 e. The van der Waals surface area contributed by atoms with E-state index in [0.717, 1.165) is 87.6 Å². The summed E-state index contributed by atoms with van der Waals surface area (Å²) in [7, 11) is 1.75. The lowest BCUT2D eigenvalue weighted by Crippen LogP contribution is -2.38. The van der Waals surface area contributed by atoms with Gasteiger partial charge in [-0.25, -0.2) is 4.98 Å². The number of ether oxygens (including phenoxy) is 1. The highest BCUT2D eigenvalue weighted by Gasteiger charge is 2.39. The minimum atomic E-state index is -4.40. The van der Waals surface area contributed by atoms with Gasteiger partial charge in [0.25, 0.3) is 17.0 Å². The zero-order valence-corrected chi connectivity index (χ0v) is 23.2. The van der Waals surface area contributed by atoms with E-state index in [-0.39, 0.29) is 23.0 Å². The zero-order valence-electron chi connectivity index (χ0n) is 22.4. The van der Waals surface area contributed by atoms with E-state index >= 15 is 0 Å². The zero-order chi connectivity index (χ0) is 27.7. The molecule has 1 aromatic carbocycles. The minimum Gasteiger partial charge on any atom is -0.457 e. The second-order valence-electron chi connectivity index (χ2n) is 11.0. The second kappa shape index (κ2) is 11.4. The third-order valence-corrected chi connectivity index (χ3v) is 9.29. The van der Waals surface area contributed by atoms with Gasteiger partial charge in [0.1, 0.15) is 0 Å². The maximum absolute atomic E-state index is 13.0. The molecule has 3 heterocycles. The molecule has 1 aliphatic carbocycles. The number of carbonyl (C=O) groups excluding carboxylic acids is 2. The molecule has 2 aromatic rings. The number of aromatic nitrogens is 1. The Hall–Kier alpha value is -2.66. The normalized spacial score (nSPS) is 22.7. The summed E-state index contributed by atoms with van der Waals surface area (Å²) in [5.41, 5.74) is 2.91. The van der Waals surface area contributed by atoms with Crippen LogP contribution in [0.3, 0.4) is 0 Å². The van der Waals surface area contributed by atoms with Gasteiger partial charge in [-0.3, -0.25) is 9.59 Å². The summed E-state index contributed by atoms with van der Waals surface area (Å²) < 4.78 is 43.4. The van der Waals surface area contributed by atoms with Crippen molar-refractivity contribution in [3.63, 3.8) is 0 Å². The highest BCUT2D eigenvalue weighted by atomic mass is 32.1. The predicted molar refractivity (Wildman–Crippen MR) is 142 cm³/mol. The third kappa shape index (κ3) is 6.40. The summed E-state index contributed by atoms with van der Waals surface area (Å²) >= 11 is 1.24. The fourth-order valence-corrected chi connectivity index (χ4v) is 6.80. The highest BCUT2D eigenvalue weighted by Crippen LogP contribution is 2.33. The van der Waals surface area contributed by atoms with Gasteiger partial charge in [0, 0.05) is 55.1 Å². The summed E-state index contributed by atoms with van der Waals surface area (Å²) in [4.78, 5) is 34.7. The molecule has 1 saturated carbocycles. The summed E-state index contributed by atoms with van der Waals surface area (Å²) in [6.07, 6.45) is 0.373. The van der Waals surface area contributed by atoms with Crippen molar-refractivity contribution < 1.29 is 27.5 Å². The molecule has 1 fully saturated rings. The summed E-state index contributed by atoms with van der Waals surface area (Å²) in [5.74, 6) is 0.487. The Bertz CT molecular complexity index is 1180. The van der Waals surface area contributed by atoms with Crippen LogP contribution in [0.1, 0.15) is 75.9 Å². The molecule has 39 heavy (non-hydrogen) atoms. The number of fused-ring (bicyclic) bond motifs is 2. The molecule has 0 saturated heterocycles. The van der Waals surface area contributed by atoms with Crippen molar-refractivity contribution in [1.29, 1.82) is 0 Å². The van der Waals surface area contributed by atoms with Crippen molar-refractivity contribution in [1.82, 2.24) is 20.1 Å². The van der Waals surface area contributed by atoms with Gasteiger partial charge in [-0.2, -0.15) is 13.2 Å². The first kappa shape index (κ1) is 27.9. The van der Waals surface area contributed by atoms with Crippen LogP contribution in [0, 0.1) is 5.92 Å². The van der Waals surface area contributed by atoms with E-state index in [1.54, 1.807) is 30.1 Å². The smallest absolute Gasteiger partial charge is 0.425 e. The van der Waals surface area contributed by atoms with Gasteiger partial charge in [0.2, 0.25) is 0 Å². The number of thiazole rings is 1. The summed E-state index contributed by atoms with van der Waals surface area (Å²) in [6.45, 7) is 4.18. The Morgan fingerprint density at radius 3 is 2.69 bits per heavy atom. The van der Waals surface area contributed by atoms with Gasteiger partial charge in [-0.05, 0) is 75.6 Å². The van der Waals surface area contributed by atoms with Crippen LogP contribution in [0.15, 0.2) is 18.2 Å². The van der Waals surface area contributed by atoms with Crippen LogP contribution in [0.2, 0.25) is 0 Å². The number of hydrogen-bond donors (Lipinski definition) is 1.